The summed E-state index contributed by atoms with van der Waals surface area (Å²) in [7, 11) is -3.56. The van der Waals surface area contributed by atoms with Crippen LogP contribution >= 0.6 is 0 Å². The Morgan fingerprint density at radius 2 is 1.93 bits per heavy atom. The van der Waals surface area contributed by atoms with E-state index in [1.807, 2.05) is 0 Å². The van der Waals surface area contributed by atoms with E-state index in [9.17, 15) is 17.2 Å². The first-order chi connectivity index (χ1) is 13.4. The summed E-state index contributed by atoms with van der Waals surface area (Å²) in [6.45, 7) is 0.927. The molecule has 2 unspecified atom stereocenters. The maximum atomic E-state index is 13.5. The minimum atomic E-state index is -3.56. The number of pyridine rings is 1. The molecule has 2 atom stereocenters. The number of nitrogens with one attached hydrogen (secondary N) is 2. The molecule has 4 rings (SSSR count). The second kappa shape index (κ2) is 7.73. The SMILES string of the molecule is O=S(=O)(NCC1CC1)c1ccc(NC2CCOC2c2ccc(F)c(F)c2)nc1. The van der Waals surface area contributed by atoms with Crippen LogP contribution in [0.4, 0.5) is 14.6 Å². The average Bonchev–Trinajstić information content (AvgIpc) is 3.41. The molecule has 2 heterocycles. The second-order valence-corrected chi connectivity index (χ2v) is 8.95. The summed E-state index contributed by atoms with van der Waals surface area (Å²) in [5, 5.41) is 3.19. The Bertz CT molecular complexity index is 949. The molecule has 9 heteroatoms. The van der Waals surface area contributed by atoms with Crippen LogP contribution in [0, 0.1) is 17.6 Å². The van der Waals surface area contributed by atoms with Crippen molar-refractivity contribution in [1.29, 1.82) is 0 Å². The first kappa shape index (κ1) is 19.2. The minimum Gasteiger partial charge on any atom is -0.371 e. The molecule has 1 aromatic heterocycles. The molecular formula is C19H21F2N3O3S. The van der Waals surface area contributed by atoms with Gasteiger partial charge in [0.1, 0.15) is 16.8 Å². The van der Waals surface area contributed by atoms with Gasteiger partial charge in [0.2, 0.25) is 10.0 Å². The molecule has 1 aromatic carbocycles. The van der Waals surface area contributed by atoms with Crippen LogP contribution < -0.4 is 10.0 Å². The molecule has 2 fully saturated rings. The third kappa shape index (κ3) is 4.31. The number of hydrogen-bond donors (Lipinski definition) is 2. The number of hydrogen-bond acceptors (Lipinski definition) is 5. The molecule has 0 spiro atoms. The molecular weight excluding hydrogens is 388 g/mol. The molecule has 1 aliphatic carbocycles. The van der Waals surface area contributed by atoms with Crippen LogP contribution in [0.5, 0.6) is 0 Å². The summed E-state index contributed by atoms with van der Waals surface area (Å²) < 4.78 is 59.5. The molecule has 0 radical (unpaired) electrons. The standard InChI is InChI=1S/C19H21F2N3O3S/c20-15-5-3-13(9-16(15)21)19-17(7-8-27-19)24-18-6-4-14(11-22-18)28(25,26)23-10-12-1-2-12/h3-6,9,11-12,17,19,23H,1-2,7-8,10H2,(H,22,24). The molecule has 0 bridgehead atoms. The largest absolute Gasteiger partial charge is 0.371 e. The van der Waals surface area contributed by atoms with Gasteiger partial charge in [-0.25, -0.2) is 26.9 Å². The van der Waals surface area contributed by atoms with Crippen molar-refractivity contribution < 1.29 is 21.9 Å². The summed E-state index contributed by atoms with van der Waals surface area (Å²) in [6.07, 6.45) is 3.65. The van der Waals surface area contributed by atoms with E-state index in [4.69, 9.17) is 4.74 Å². The maximum Gasteiger partial charge on any atom is 0.242 e. The van der Waals surface area contributed by atoms with E-state index in [0.717, 1.165) is 25.0 Å². The van der Waals surface area contributed by atoms with E-state index < -0.39 is 27.8 Å². The van der Waals surface area contributed by atoms with Crippen molar-refractivity contribution in [3.05, 3.63) is 53.7 Å². The zero-order valence-corrected chi connectivity index (χ0v) is 15.9. The Labute approximate surface area is 162 Å². The minimum absolute atomic E-state index is 0.110. The van der Waals surface area contributed by atoms with Crippen LogP contribution in [0.25, 0.3) is 0 Å². The highest BCUT2D eigenvalue weighted by molar-refractivity contribution is 7.89. The summed E-state index contributed by atoms with van der Waals surface area (Å²) in [6, 6.07) is 6.61. The number of halogens is 2. The molecule has 2 aromatic rings. The van der Waals surface area contributed by atoms with Crippen LogP contribution in [-0.2, 0) is 14.8 Å². The van der Waals surface area contributed by atoms with Gasteiger partial charge in [-0.2, -0.15) is 0 Å². The molecule has 1 saturated carbocycles. The summed E-state index contributed by atoms with van der Waals surface area (Å²) in [5.74, 6) is -0.887. The van der Waals surface area contributed by atoms with Gasteiger partial charge in [-0.15, -0.1) is 0 Å². The van der Waals surface area contributed by atoms with Crippen molar-refractivity contribution in [1.82, 2.24) is 9.71 Å². The Morgan fingerprint density at radius 1 is 1.11 bits per heavy atom. The van der Waals surface area contributed by atoms with Crippen LogP contribution in [0.1, 0.15) is 30.9 Å². The van der Waals surface area contributed by atoms with E-state index in [1.165, 1.54) is 18.3 Å². The third-order valence-corrected chi connectivity index (χ3v) is 6.41. The van der Waals surface area contributed by atoms with E-state index in [-0.39, 0.29) is 10.9 Å². The molecule has 6 nitrogen and oxygen atoms in total. The van der Waals surface area contributed by atoms with Gasteiger partial charge < -0.3 is 10.1 Å². The van der Waals surface area contributed by atoms with Crippen molar-refractivity contribution in [2.45, 2.75) is 36.3 Å². The van der Waals surface area contributed by atoms with Crippen molar-refractivity contribution in [2.24, 2.45) is 5.92 Å². The van der Waals surface area contributed by atoms with Crippen LogP contribution in [0.2, 0.25) is 0 Å². The van der Waals surface area contributed by atoms with E-state index in [2.05, 4.69) is 15.0 Å². The highest BCUT2D eigenvalue weighted by atomic mass is 32.2. The second-order valence-electron chi connectivity index (χ2n) is 7.18. The van der Waals surface area contributed by atoms with E-state index in [1.54, 1.807) is 6.07 Å². The van der Waals surface area contributed by atoms with Crippen molar-refractivity contribution in [3.8, 4) is 0 Å². The number of aromatic nitrogens is 1. The van der Waals surface area contributed by atoms with Gasteiger partial charge in [0.05, 0.1) is 6.04 Å². The lowest BCUT2D eigenvalue weighted by atomic mass is 10.0. The number of nitrogens with zero attached hydrogens (tertiary/aromatic N) is 1. The Kier molecular flexibility index (Phi) is 5.31. The molecule has 2 N–H and O–H groups in total. The first-order valence-corrected chi connectivity index (χ1v) is 10.7. The van der Waals surface area contributed by atoms with Crippen LogP contribution in [-0.4, -0.2) is 32.6 Å². The Balaban J connectivity index is 1.43. The highest BCUT2D eigenvalue weighted by Crippen LogP contribution is 2.32. The summed E-state index contributed by atoms with van der Waals surface area (Å²) >= 11 is 0. The Morgan fingerprint density at radius 3 is 2.61 bits per heavy atom. The molecule has 2 aliphatic rings. The fourth-order valence-corrected chi connectivity index (χ4v) is 4.26. The Hall–Kier alpha value is -2.10. The van der Waals surface area contributed by atoms with Gasteiger partial charge in [-0.05, 0) is 55.0 Å². The number of rotatable bonds is 7. The molecule has 0 amide bonds. The summed E-state index contributed by atoms with van der Waals surface area (Å²) in [4.78, 5) is 4.30. The molecule has 28 heavy (non-hydrogen) atoms. The topological polar surface area (TPSA) is 80.3 Å². The average molecular weight is 409 g/mol. The number of sulfonamides is 1. The zero-order valence-electron chi connectivity index (χ0n) is 15.1. The predicted molar refractivity (Wildman–Crippen MR) is 99.2 cm³/mol. The van der Waals surface area contributed by atoms with Gasteiger partial charge >= 0.3 is 0 Å². The smallest absolute Gasteiger partial charge is 0.242 e. The van der Waals surface area contributed by atoms with Crippen molar-refractivity contribution in [2.75, 3.05) is 18.5 Å². The zero-order chi connectivity index (χ0) is 19.7. The molecule has 150 valence electrons. The number of benzene rings is 1. The molecule has 1 aliphatic heterocycles. The lowest BCUT2D eigenvalue weighted by molar-refractivity contribution is 0.107. The first-order valence-electron chi connectivity index (χ1n) is 9.21. The van der Waals surface area contributed by atoms with Gasteiger partial charge in [0, 0.05) is 19.3 Å². The predicted octanol–water partition coefficient (Wildman–Crippen LogP) is 2.99. The van der Waals surface area contributed by atoms with E-state index >= 15 is 0 Å². The van der Waals surface area contributed by atoms with Crippen molar-refractivity contribution >= 4 is 15.8 Å². The third-order valence-electron chi connectivity index (χ3n) is 5.00. The number of anilines is 1. The fraction of sp³-hybridized carbons (Fsp3) is 0.421. The van der Waals surface area contributed by atoms with Crippen LogP contribution in [0.15, 0.2) is 41.4 Å². The normalized spacial score (nSPS) is 22.4. The van der Waals surface area contributed by atoms with Gasteiger partial charge in [0.25, 0.3) is 0 Å². The fourth-order valence-electron chi connectivity index (χ4n) is 3.20. The van der Waals surface area contributed by atoms with Crippen LogP contribution in [0.3, 0.4) is 0 Å². The van der Waals surface area contributed by atoms with Crippen molar-refractivity contribution in [3.63, 3.8) is 0 Å². The summed E-state index contributed by atoms with van der Waals surface area (Å²) in [5.41, 5.74) is 0.539. The lowest BCUT2D eigenvalue weighted by Gasteiger charge is -2.21. The number of ether oxygens (including phenoxy) is 1. The lowest BCUT2D eigenvalue weighted by Crippen LogP contribution is -2.26. The monoisotopic (exact) mass is 409 g/mol. The quantitative estimate of drug-likeness (QED) is 0.735. The highest BCUT2D eigenvalue weighted by Gasteiger charge is 2.31. The van der Waals surface area contributed by atoms with Gasteiger partial charge in [-0.3, -0.25) is 0 Å². The molecule has 1 saturated heterocycles. The van der Waals surface area contributed by atoms with Gasteiger partial charge in [0.15, 0.2) is 11.6 Å². The maximum absolute atomic E-state index is 13.5. The van der Waals surface area contributed by atoms with E-state index in [0.29, 0.717) is 36.9 Å². The van der Waals surface area contributed by atoms with Gasteiger partial charge in [-0.1, -0.05) is 6.07 Å².